The summed E-state index contributed by atoms with van der Waals surface area (Å²) in [6, 6.07) is 12.5. The van der Waals surface area contributed by atoms with E-state index in [-0.39, 0.29) is 36.7 Å². The number of piperidine rings is 1. The molecule has 1 aliphatic carbocycles. The van der Waals surface area contributed by atoms with Crippen LogP contribution in [0, 0.1) is 28.1 Å². The zero-order valence-electron chi connectivity index (χ0n) is 21.0. The Kier molecular flexibility index (Phi) is 7.04. The highest BCUT2D eigenvalue weighted by atomic mass is 19.1. The fourth-order valence-electron chi connectivity index (χ4n) is 4.00. The van der Waals surface area contributed by atoms with Crippen molar-refractivity contribution in [1.29, 1.82) is 10.5 Å². The minimum Gasteiger partial charge on any atom is -0.486 e. The van der Waals surface area contributed by atoms with E-state index in [2.05, 4.69) is 22.4 Å². The molecule has 2 amide bonds. The summed E-state index contributed by atoms with van der Waals surface area (Å²) in [4.78, 5) is 30.1. The van der Waals surface area contributed by atoms with Crippen molar-refractivity contribution in [2.24, 2.45) is 5.41 Å². The number of carbonyl (C=O) groups excluding carboxylic acids is 2. The summed E-state index contributed by atoms with van der Waals surface area (Å²) in [5.41, 5.74) is -0.0363. The van der Waals surface area contributed by atoms with E-state index in [4.69, 9.17) is 9.47 Å². The number of alkyl halides is 1. The first-order chi connectivity index (χ1) is 17.5. The van der Waals surface area contributed by atoms with Gasteiger partial charge in [0, 0.05) is 19.2 Å². The Morgan fingerprint density at radius 3 is 2.54 bits per heavy atom. The normalized spacial score (nSPS) is 20.2. The van der Waals surface area contributed by atoms with Crippen LogP contribution in [0.4, 0.5) is 15.0 Å². The van der Waals surface area contributed by atoms with Gasteiger partial charge in [0.15, 0.2) is 6.17 Å². The summed E-state index contributed by atoms with van der Waals surface area (Å²) in [6.45, 7) is 5.38. The average Bonchev–Trinajstić information content (AvgIpc) is 3.66. The van der Waals surface area contributed by atoms with Gasteiger partial charge in [0.25, 0.3) is 0 Å². The Labute approximate surface area is 214 Å². The molecule has 2 aromatic rings. The van der Waals surface area contributed by atoms with Crippen LogP contribution in [0.1, 0.15) is 45.6 Å². The fourth-order valence-corrected chi connectivity index (χ4v) is 4.00. The van der Waals surface area contributed by atoms with Crippen molar-refractivity contribution in [2.75, 3.05) is 18.4 Å². The number of carbonyl (C=O) groups is 2. The summed E-state index contributed by atoms with van der Waals surface area (Å²) in [7, 11) is 0. The summed E-state index contributed by atoms with van der Waals surface area (Å²) < 4.78 is 26.1. The molecular weight excluding hydrogens is 477 g/mol. The number of nitrogens with zero attached hydrogens (tertiary/aromatic N) is 4. The number of ether oxygens (including phenoxy) is 2. The van der Waals surface area contributed by atoms with Gasteiger partial charge in [-0.05, 0) is 69.0 Å². The van der Waals surface area contributed by atoms with Crippen molar-refractivity contribution in [2.45, 2.75) is 57.9 Å². The molecular formula is C27H28FN5O4. The first-order valence-corrected chi connectivity index (χ1v) is 12.1. The zero-order valence-corrected chi connectivity index (χ0v) is 21.0. The molecule has 10 heteroatoms. The van der Waals surface area contributed by atoms with E-state index in [1.165, 1.54) is 11.1 Å². The van der Waals surface area contributed by atoms with Crippen LogP contribution >= 0.6 is 0 Å². The Morgan fingerprint density at radius 1 is 1.19 bits per heavy atom. The predicted molar refractivity (Wildman–Crippen MR) is 132 cm³/mol. The van der Waals surface area contributed by atoms with Crippen LogP contribution in [0.25, 0.3) is 11.1 Å². The van der Waals surface area contributed by atoms with Crippen LogP contribution in [0.15, 0.2) is 36.5 Å². The predicted octanol–water partition coefficient (Wildman–Crippen LogP) is 4.59. The van der Waals surface area contributed by atoms with Gasteiger partial charge in [0.2, 0.25) is 5.91 Å². The highest BCUT2D eigenvalue weighted by molar-refractivity contribution is 5.98. The molecule has 1 aliphatic heterocycles. The third kappa shape index (κ3) is 5.97. The summed E-state index contributed by atoms with van der Waals surface area (Å²) in [5.74, 6) is 0.177. The number of hydrogen-bond acceptors (Lipinski definition) is 7. The molecule has 0 spiro atoms. The number of hydrogen-bond donors (Lipinski definition) is 1. The van der Waals surface area contributed by atoms with Crippen LogP contribution in [0.3, 0.4) is 0 Å². The minimum absolute atomic E-state index is 0.155. The maximum atomic E-state index is 14.9. The summed E-state index contributed by atoms with van der Waals surface area (Å²) in [6.07, 6.45) is 0.0213. The molecule has 1 aromatic heterocycles. The number of amides is 2. The highest BCUT2D eigenvalue weighted by Crippen LogP contribution is 2.45. The van der Waals surface area contributed by atoms with Crippen molar-refractivity contribution >= 4 is 17.8 Å². The van der Waals surface area contributed by atoms with Gasteiger partial charge in [-0.3, -0.25) is 4.79 Å². The SMILES string of the molecule is CC(C)(C)OC(=O)N1CC[C@H](Oc2ccc(-c3ccnc(NC(=O)C4(C#N)CC4)c3)cc2C#N)[C@H](F)C1. The lowest BCUT2D eigenvalue weighted by Crippen LogP contribution is -2.50. The third-order valence-electron chi connectivity index (χ3n) is 6.25. The number of aromatic nitrogens is 1. The Bertz CT molecular complexity index is 1290. The van der Waals surface area contributed by atoms with Gasteiger partial charge in [-0.2, -0.15) is 10.5 Å². The van der Waals surface area contributed by atoms with Gasteiger partial charge < -0.3 is 19.7 Å². The van der Waals surface area contributed by atoms with Crippen LogP contribution in [0.5, 0.6) is 5.75 Å². The largest absolute Gasteiger partial charge is 0.486 e. The van der Waals surface area contributed by atoms with Crippen LogP contribution in [-0.2, 0) is 9.53 Å². The summed E-state index contributed by atoms with van der Waals surface area (Å²) >= 11 is 0. The second-order valence-corrected chi connectivity index (χ2v) is 10.3. The minimum atomic E-state index is -1.44. The van der Waals surface area contributed by atoms with E-state index in [1.807, 2.05) is 0 Å². The second kappa shape index (κ2) is 10.1. The molecule has 0 bridgehead atoms. The molecule has 9 nitrogen and oxygen atoms in total. The molecule has 4 rings (SSSR count). The van der Waals surface area contributed by atoms with Gasteiger partial charge in [-0.25, -0.2) is 14.2 Å². The highest BCUT2D eigenvalue weighted by Gasteiger charge is 2.50. The molecule has 0 radical (unpaired) electrons. The number of likely N-dealkylation sites (tertiary alicyclic amines) is 1. The van der Waals surface area contributed by atoms with Gasteiger partial charge >= 0.3 is 6.09 Å². The Hall–Kier alpha value is -4.18. The van der Waals surface area contributed by atoms with Crippen molar-refractivity contribution < 1.29 is 23.5 Å². The lowest BCUT2D eigenvalue weighted by Gasteiger charge is -2.35. The monoisotopic (exact) mass is 505 g/mol. The number of nitriles is 2. The topological polar surface area (TPSA) is 128 Å². The molecule has 0 unspecified atom stereocenters. The molecule has 2 aliphatic rings. The molecule has 1 saturated carbocycles. The number of pyridine rings is 1. The van der Waals surface area contributed by atoms with Crippen molar-refractivity contribution in [3.8, 4) is 29.0 Å². The quantitative estimate of drug-likeness (QED) is 0.629. The number of nitrogens with one attached hydrogen (secondary N) is 1. The van der Waals surface area contributed by atoms with E-state index < -0.39 is 29.4 Å². The Morgan fingerprint density at radius 2 is 1.92 bits per heavy atom. The maximum absolute atomic E-state index is 14.9. The second-order valence-electron chi connectivity index (χ2n) is 10.3. The number of benzene rings is 1. The van der Waals surface area contributed by atoms with Crippen LogP contribution in [0.2, 0.25) is 0 Å². The third-order valence-corrected chi connectivity index (χ3v) is 6.25. The van der Waals surface area contributed by atoms with Gasteiger partial charge in [-0.15, -0.1) is 0 Å². The smallest absolute Gasteiger partial charge is 0.410 e. The van der Waals surface area contributed by atoms with E-state index in [9.17, 15) is 24.5 Å². The van der Waals surface area contributed by atoms with Gasteiger partial charge in [0.1, 0.15) is 34.8 Å². The van der Waals surface area contributed by atoms with Crippen LogP contribution < -0.4 is 10.1 Å². The lowest BCUT2D eigenvalue weighted by atomic mass is 10.0. The maximum Gasteiger partial charge on any atom is 0.410 e. The van der Waals surface area contributed by atoms with Crippen molar-refractivity contribution in [1.82, 2.24) is 9.88 Å². The Balaban J connectivity index is 1.43. The number of rotatable bonds is 5. The molecule has 1 saturated heterocycles. The zero-order chi connectivity index (χ0) is 26.8. The standard InChI is InChI=1S/C27H28FN5O4/c1-26(2,3)37-25(35)33-11-7-22(20(28)15-33)36-21-5-4-17(12-19(21)14-29)18-6-10-31-23(13-18)32-24(34)27(16-30)8-9-27/h4-6,10,12-13,20,22H,7-9,11,15H2,1-3H3,(H,31,32,34)/t20-,22+/m1/s1. The molecule has 1 N–H and O–H groups in total. The molecule has 2 fully saturated rings. The average molecular weight is 506 g/mol. The van der Waals surface area contributed by atoms with E-state index in [0.29, 0.717) is 29.8 Å². The van der Waals surface area contributed by atoms with Gasteiger partial charge in [-0.1, -0.05) is 6.07 Å². The first-order valence-electron chi connectivity index (χ1n) is 12.1. The van der Waals surface area contributed by atoms with E-state index in [1.54, 1.807) is 51.1 Å². The van der Waals surface area contributed by atoms with Gasteiger partial charge in [0.05, 0.1) is 18.2 Å². The van der Waals surface area contributed by atoms with Crippen molar-refractivity contribution in [3.05, 3.63) is 42.1 Å². The lowest BCUT2D eigenvalue weighted by molar-refractivity contribution is -0.119. The molecule has 1 aromatic carbocycles. The molecule has 2 heterocycles. The van der Waals surface area contributed by atoms with E-state index in [0.717, 1.165) is 0 Å². The molecule has 192 valence electrons. The fraction of sp³-hybridized carbons (Fsp3) is 0.444. The van der Waals surface area contributed by atoms with Crippen LogP contribution in [-0.4, -0.2) is 52.9 Å². The number of anilines is 1. The first kappa shape index (κ1) is 25.9. The van der Waals surface area contributed by atoms with Crippen molar-refractivity contribution in [3.63, 3.8) is 0 Å². The molecule has 2 atom stereocenters. The molecule has 37 heavy (non-hydrogen) atoms. The summed E-state index contributed by atoms with van der Waals surface area (Å²) in [5, 5.41) is 21.6. The number of halogens is 1. The van der Waals surface area contributed by atoms with E-state index >= 15 is 0 Å².